The highest BCUT2D eigenvalue weighted by Gasteiger charge is 2.14. The fraction of sp³-hybridized carbons (Fsp3) is 0.545. The molecule has 0 amide bonds. The number of aromatic nitrogens is 1. The van der Waals surface area contributed by atoms with Crippen LogP contribution in [0.3, 0.4) is 0 Å². The second kappa shape index (κ2) is 5.37. The maximum Gasteiger partial charge on any atom is 0.123 e. The predicted molar refractivity (Wildman–Crippen MR) is 63.8 cm³/mol. The molecule has 1 aromatic heterocycles. The van der Waals surface area contributed by atoms with Crippen LogP contribution in [0.15, 0.2) is 18.3 Å². The summed E-state index contributed by atoms with van der Waals surface area (Å²) in [7, 11) is 0. The van der Waals surface area contributed by atoms with E-state index in [0.29, 0.717) is 11.9 Å². The van der Waals surface area contributed by atoms with E-state index < -0.39 is 0 Å². The minimum absolute atomic E-state index is 0.467. The van der Waals surface area contributed by atoms with Crippen molar-refractivity contribution in [2.45, 2.75) is 24.7 Å². The molecule has 1 aromatic rings. The second-order valence-electron chi connectivity index (χ2n) is 3.74. The summed E-state index contributed by atoms with van der Waals surface area (Å²) >= 11 is 1.90. The zero-order chi connectivity index (χ0) is 10.5. The molecule has 2 heterocycles. The molecule has 15 heavy (non-hydrogen) atoms. The minimum atomic E-state index is 0.467. The number of rotatable bonds is 4. The SMILES string of the molecule is Nc1cc(CSCC2CCCO2)ccn1. The van der Waals surface area contributed by atoms with Crippen molar-refractivity contribution < 1.29 is 4.74 Å². The van der Waals surface area contributed by atoms with Crippen molar-refractivity contribution >= 4 is 17.6 Å². The Balaban J connectivity index is 1.73. The second-order valence-corrected chi connectivity index (χ2v) is 4.77. The summed E-state index contributed by atoms with van der Waals surface area (Å²) < 4.78 is 5.56. The molecule has 1 unspecified atom stereocenters. The average Bonchev–Trinajstić information content (AvgIpc) is 2.71. The summed E-state index contributed by atoms with van der Waals surface area (Å²) in [4.78, 5) is 3.97. The van der Waals surface area contributed by atoms with Gasteiger partial charge in [-0.25, -0.2) is 4.98 Å². The van der Waals surface area contributed by atoms with Crippen molar-refractivity contribution in [3.8, 4) is 0 Å². The number of hydrogen-bond donors (Lipinski definition) is 1. The molecule has 0 radical (unpaired) electrons. The molecule has 4 heteroatoms. The van der Waals surface area contributed by atoms with Crippen LogP contribution in [0.1, 0.15) is 18.4 Å². The quantitative estimate of drug-likeness (QED) is 0.850. The number of nitrogens with zero attached hydrogens (tertiary/aromatic N) is 1. The summed E-state index contributed by atoms with van der Waals surface area (Å²) in [5, 5.41) is 0. The summed E-state index contributed by atoms with van der Waals surface area (Å²) in [5.41, 5.74) is 6.85. The maximum absolute atomic E-state index is 5.61. The van der Waals surface area contributed by atoms with Crippen LogP contribution in [0, 0.1) is 0 Å². The molecule has 2 N–H and O–H groups in total. The number of thioether (sulfide) groups is 1. The standard InChI is InChI=1S/C11H16N2OS/c12-11-6-9(3-4-13-11)7-15-8-10-2-1-5-14-10/h3-4,6,10H,1-2,5,7-8H2,(H2,12,13). The van der Waals surface area contributed by atoms with Crippen LogP contribution in [0.2, 0.25) is 0 Å². The Hall–Kier alpha value is -0.740. The van der Waals surface area contributed by atoms with Gasteiger partial charge in [-0.3, -0.25) is 0 Å². The lowest BCUT2D eigenvalue weighted by atomic mass is 10.3. The van der Waals surface area contributed by atoms with Gasteiger partial charge in [-0.15, -0.1) is 0 Å². The third-order valence-corrected chi connectivity index (χ3v) is 3.59. The molecule has 1 saturated heterocycles. The molecule has 0 bridgehead atoms. The predicted octanol–water partition coefficient (Wildman–Crippen LogP) is 2.08. The van der Waals surface area contributed by atoms with Crippen LogP contribution >= 0.6 is 11.8 Å². The average molecular weight is 224 g/mol. The van der Waals surface area contributed by atoms with Gasteiger partial charge in [0.15, 0.2) is 0 Å². The van der Waals surface area contributed by atoms with Crippen LogP contribution in [-0.2, 0) is 10.5 Å². The molecule has 0 saturated carbocycles. The highest BCUT2D eigenvalue weighted by Crippen LogP contribution is 2.20. The molecule has 1 fully saturated rings. The Morgan fingerprint density at radius 1 is 1.60 bits per heavy atom. The van der Waals surface area contributed by atoms with Gasteiger partial charge in [0.2, 0.25) is 0 Å². The summed E-state index contributed by atoms with van der Waals surface area (Å²) in [5.74, 6) is 2.68. The molecule has 1 aliphatic heterocycles. The molecule has 0 aliphatic carbocycles. The monoisotopic (exact) mass is 224 g/mol. The number of hydrogen-bond acceptors (Lipinski definition) is 4. The topological polar surface area (TPSA) is 48.1 Å². The van der Waals surface area contributed by atoms with Crippen molar-refractivity contribution in [3.05, 3.63) is 23.9 Å². The van der Waals surface area contributed by atoms with Gasteiger partial charge in [-0.2, -0.15) is 11.8 Å². The van der Waals surface area contributed by atoms with E-state index in [1.165, 1.54) is 18.4 Å². The van der Waals surface area contributed by atoms with E-state index >= 15 is 0 Å². The first-order valence-corrected chi connectivity index (χ1v) is 6.40. The van der Waals surface area contributed by atoms with E-state index in [9.17, 15) is 0 Å². The molecular formula is C11H16N2OS. The first-order chi connectivity index (χ1) is 7.34. The Morgan fingerprint density at radius 2 is 2.53 bits per heavy atom. The van der Waals surface area contributed by atoms with Crippen molar-refractivity contribution in [2.24, 2.45) is 0 Å². The third kappa shape index (κ3) is 3.39. The van der Waals surface area contributed by atoms with Gasteiger partial charge in [-0.05, 0) is 30.5 Å². The number of pyridine rings is 1. The van der Waals surface area contributed by atoms with E-state index in [1.807, 2.05) is 23.9 Å². The first kappa shape index (κ1) is 10.8. The van der Waals surface area contributed by atoms with Crippen LogP contribution in [0.25, 0.3) is 0 Å². The summed E-state index contributed by atoms with van der Waals surface area (Å²) in [6, 6.07) is 3.95. The molecule has 0 spiro atoms. The Bertz CT molecular complexity index is 313. The molecular weight excluding hydrogens is 208 g/mol. The lowest BCUT2D eigenvalue weighted by Crippen LogP contribution is -2.07. The van der Waals surface area contributed by atoms with Crippen molar-refractivity contribution in [2.75, 3.05) is 18.1 Å². The molecule has 3 nitrogen and oxygen atoms in total. The van der Waals surface area contributed by atoms with Gasteiger partial charge in [0, 0.05) is 24.3 Å². The Labute approximate surface area is 94.4 Å². The van der Waals surface area contributed by atoms with Gasteiger partial charge in [-0.1, -0.05) is 0 Å². The number of nitrogen functional groups attached to an aromatic ring is 1. The summed E-state index contributed by atoms with van der Waals surface area (Å²) in [6.07, 6.45) is 4.66. The molecule has 1 atom stereocenters. The van der Waals surface area contributed by atoms with Crippen molar-refractivity contribution in [1.29, 1.82) is 0 Å². The molecule has 1 aliphatic rings. The van der Waals surface area contributed by atoms with Gasteiger partial charge < -0.3 is 10.5 Å². The van der Waals surface area contributed by atoms with Gasteiger partial charge in [0.05, 0.1) is 6.10 Å². The summed E-state index contributed by atoms with van der Waals surface area (Å²) in [6.45, 7) is 0.938. The normalized spacial score (nSPS) is 20.7. The van der Waals surface area contributed by atoms with Crippen LogP contribution in [0.5, 0.6) is 0 Å². The van der Waals surface area contributed by atoms with E-state index in [2.05, 4.69) is 4.98 Å². The van der Waals surface area contributed by atoms with Crippen molar-refractivity contribution in [3.63, 3.8) is 0 Å². The molecule has 82 valence electrons. The van der Waals surface area contributed by atoms with Crippen molar-refractivity contribution in [1.82, 2.24) is 4.98 Å². The zero-order valence-corrected chi connectivity index (χ0v) is 9.50. The van der Waals surface area contributed by atoms with Gasteiger partial charge in [0.1, 0.15) is 5.82 Å². The maximum atomic E-state index is 5.61. The van der Waals surface area contributed by atoms with E-state index in [0.717, 1.165) is 18.1 Å². The fourth-order valence-electron chi connectivity index (χ4n) is 1.67. The van der Waals surface area contributed by atoms with E-state index in [-0.39, 0.29) is 0 Å². The van der Waals surface area contributed by atoms with Crippen LogP contribution in [-0.4, -0.2) is 23.4 Å². The van der Waals surface area contributed by atoms with E-state index in [1.54, 1.807) is 6.20 Å². The molecule has 0 aromatic carbocycles. The largest absolute Gasteiger partial charge is 0.384 e. The Kier molecular flexibility index (Phi) is 3.86. The number of nitrogens with two attached hydrogens (primary N) is 1. The lowest BCUT2D eigenvalue weighted by molar-refractivity contribution is 0.129. The smallest absolute Gasteiger partial charge is 0.123 e. The lowest BCUT2D eigenvalue weighted by Gasteiger charge is -2.08. The highest BCUT2D eigenvalue weighted by molar-refractivity contribution is 7.98. The first-order valence-electron chi connectivity index (χ1n) is 5.24. The highest BCUT2D eigenvalue weighted by atomic mass is 32.2. The van der Waals surface area contributed by atoms with Gasteiger partial charge in [0.25, 0.3) is 0 Å². The van der Waals surface area contributed by atoms with Gasteiger partial charge >= 0.3 is 0 Å². The van der Waals surface area contributed by atoms with E-state index in [4.69, 9.17) is 10.5 Å². The number of anilines is 1. The third-order valence-electron chi connectivity index (χ3n) is 2.44. The minimum Gasteiger partial charge on any atom is -0.384 e. The van der Waals surface area contributed by atoms with Crippen LogP contribution < -0.4 is 5.73 Å². The Morgan fingerprint density at radius 3 is 3.27 bits per heavy atom. The zero-order valence-electron chi connectivity index (χ0n) is 8.69. The fourth-order valence-corrected chi connectivity index (χ4v) is 2.73. The number of ether oxygens (including phenoxy) is 1. The van der Waals surface area contributed by atoms with Crippen LogP contribution in [0.4, 0.5) is 5.82 Å². The molecule has 2 rings (SSSR count).